The average molecular weight is 407 g/mol. The molecular weight excluding hydrogens is 376 g/mol. The molecule has 1 atom stereocenters. The fraction of sp³-hybridized carbons (Fsp3) is 0.650. The molecule has 7 nitrogen and oxygen atoms in total. The van der Waals surface area contributed by atoms with Crippen molar-refractivity contribution in [3.8, 4) is 0 Å². The summed E-state index contributed by atoms with van der Waals surface area (Å²) in [5.74, 6) is 0. The molecule has 0 saturated carbocycles. The summed E-state index contributed by atoms with van der Waals surface area (Å²) in [6.07, 6.45) is 0.756. The first-order valence-electron chi connectivity index (χ1n) is 10.0. The Labute approximate surface area is 171 Å². The van der Waals surface area contributed by atoms with Crippen molar-refractivity contribution in [2.75, 3.05) is 49.0 Å². The predicted molar refractivity (Wildman–Crippen MR) is 112 cm³/mol. The molecule has 8 heteroatoms. The van der Waals surface area contributed by atoms with E-state index < -0.39 is 5.60 Å². The molecule has 28 heavy (non-hydrogen) atoms. The molecule has 2 fully saturated rings. The van der Waals surface area contributed by atoms with Crippen LogP contribution in [0.15, 0.2) is 18.2 Å². The first-order valence-corrected chi connectivity index (χ1v) is 10.8. The summed E-state index contributed by atoms with van der Waals surface area (Å²) in [6.45, 7) is 11.5. The molecule has 0 radical (unpaired) electrons. The number of nitrogens with one attached hydrogen (secondary N) is 1. The van der Waals surface area contributed by atoms with Crippen LogP contribution in [0.2, 0.25) is 0 Å². The molecule has 1 aromatic rings. The molecule has 2 saturated heterocycles. The fourth-order valence-corrected chi connectivity index (χ4v) is 4.85. The largest absolute Gasteiger partial charge is 0.444 e. The number of morpholine rings is 1. The van der Waals surface area contributed by atoms with Crippen LogP contribution in [0.25, 0.3) is 0 Å². The minimum Gasteiger partial charge on any atom is -0.444 e. The van der Waals surface area contributed by atoms with E-state index in [9.17, 15) is 4.79 Å². The lowest BCUT2D eigenvalue weighted by Gasteiger charge is -2.36. The number of carbonyl (C=O) groups excluding carboxylic acids is 1. The van der Waals surface area contributed by atoms with E-state index >= 15 is 0 Å². The molecule has 0 bridgehead atoms. The van der Waals surface area contributed by atoms with Crippen molar-refractivity contribution in [1.29, 1.82) is 0 Å². The van der Waals surface area contributed by atoms with Gasteiger partial charge in [-0.05, 0) is 38.8 Å². The third-order valence-electron chi connectivity index (χ3n) is 5.29. The number of nitrogens with zero attached hydrogens (tertiary/aromatic N) is 3. The van der Waals surface area contributed by atoms with E-state index in [4.69, 9.17) is 9.47 Å². The number of hydrogen-bond acceptors (Lipinski definition) is 7. The topological polar surface area (TPSA) is 57.3 Å². The Morgan fingerprint density at radius 3 is 2.79 bits per heavy atom. The standard InChI is InChI=1S/C20H30N4O3S/c1-20(2,3)27-19(25)23-8-7-16(14-23)24-13-15-5-4-6-17(18(15)21-28-24)22-9-11-26-12-10-22/h4-6,16,21H,7-14H2,1-3H3. The summed E-state index contributed by atoms with van der Waals surface area (Å²) in [4.78, 5) is 16.6. The van der Waals surface area contributed by atoms with Gasteiger partial charge in [-0.25, -0.2) is 9.10 Å². The van der Waals surface area contributed by atoms with Crippen molar-refractivity contribution < 1.29 is 14.3 Å². The number of benzene rings is 1. The maximum Gasteiger partial charge on any atom is 0.410 e. The number of ether oxygens (including phenoxy) is 2. The minimum atomic E-state index is -0.453. The highest BCUT2D eigenvalue weighted by Crippen LogP contribution is 2.39. The SMILES string of the molecule is CC(C)(C)OC(=O)N1CCC(N2Cc3cccc(N4CCOCC4)c3NS2)C1. The van der Waals surface area contributed by atoms with Crippen LogP contribution in [0.4, 0.5) is 16.2 Å². The summed E-state index contributed by atoms with van der Waals surface area (Å²) < 4.78 is 16.9. The van der Waals surface area contributed by atoms with Crippen LogP contribution in [0.5, 0.6) is 0 Å². The Kier molecular flexibility index (Phi) is 5.62. The van der Waals surface area contributed by atoms with Gasteiger partial charge in [-0.3, -0.25) is 0 Å². The minimum absolute atomic E-state index is 0.208. The first kappa shape index (κ1) is 19.7. The van der Waals surface area contributed by atoms with E-state index in [0.717, 1.165) is 45.8 Å². The van der Waals surface area contributed by atoms with Crippen molar-refractivity contribution in [1.82, 2.24) is 9.21 Å². The van der Waals surface area contributed by atoms with Gasteiger partial charge in [0, 0.05) is 50.9 Å². The molecule has 0 spiro atoms. The second-order valence-electron chi connectivity index (χ2n) is 8.55. The van der Waals surface area contributed by atoms with Crippen molar-refractivity contribution in [3.05, 3.63) is 23.8 Å². The van der Waals surface area contributed by atoms with Crippen LogP contribution in [-0.2, 0) is 16.0 Å². The number of hydrogen-bond donors (Lipinski definition) is 1. The second kappa shape index (κ2) is 8.00. The molecule has 0 aromatic heterocycles. The van der Waals surface area contributed by atoms with Crippen LogP contribution < -0.4 is 9.62 Å². The average Bonchev–Trinajstić information content (AvgIpc) is 3.17. The number of fused-ring (bicyclic) bond motifs is 1. The Morgan fingerprint density at radius 2 is 2.04 bits per heavy atom. The molecule has 1 amide bonds. The monoisotopic (exact) mass is 406 g/mol. The van der Waals surface area contributed by atoms with Gasteiger partial charge in [-0.15, -0.1) is 0 Å². The van der Waals surface area contributed by atoms with Gasteiger partial charge in [0.25, 0.3) is 0 Å². The van der Waals surface area contributed by atoms with Crippen LogP contribution in [0.1, 0.15) is 32.8 Å². The van der Waals surface area contributed by atoms with Crippen molar-refractivity contribution in [2.45, 2.75) is 45.4 Å². The van der Waals surface area contributed by atoms with Gasteiger partial charge in [0.05, 0.1) is 24.6 Å². The van der Waals surface area contributed by atoms with Crippen LogP contribution in [0.3, 0.4) is 0 Å². The van der Waals surface area contributed by atoms with Gasteiger partial charge in [-0.2, -0.15) is 0 Å². The van der Waals surface area contributed by atoms with E-state index in [1.165, 1.54) is 16.9 Å². The number of anilines is 2. The number of carbonyl (C=O) groups is 1. The third kappa shape index (κ3) is 4.34. The quantitative estimate of drug-likeness (QED) is 0.756. The lowest BCUT2D eigenvalue weighted by molar-refractivity contribution is 0.0287. The maximum atomic E-state index is 12.4. The van der Waals surface area contributed by atoms with Crippen LogP contribution in [0, 0.1) is 0 Å². The highest BCUT2D eigenvalue weighted by atomic mass is 32.2. The molecule has 4 rings (SSSR count). The molecule has 1 N–H and O–H groups in total. The van der Waals surface area contributed by atoms with Crippen LogP contribution >= 0.6 is 12.1 Å². The second-order valence-corrected chi connectivity index (χ2v) is 9.40. The Morgan fingerprint density at radius 1 is 1.25 bits per heavy atom. The summed E-state index contributed by atoms with van der Waals surface area (Å²) in [7, 11) is 0. The zero-order valence-electron chi connectivity index (χ0n) is 16.9. The van der Waals surface area contributed by atoms with Gasteiger partial charge in [0.15, 0.2) is 0 Å². The van der Waals surface area contributed by atoms with Crippen molar-refractivity contribution >= 4 is 29.6 Å². The molecule has 1 unspecified atom stereocenters. The van der Waals surface area contributed by atoms with E-state index in [-0.39, 0.29) is 6.09 Å². The zero-order valence-corrected chi connectivity index (χ0v) is 17.8. The van der Waals surface area contributed by atoms with Gasteiger partial charge in [0.2, 0.25) is 0 Å². The number of amides is 1. The third-order valence-corrected chi connectivity index (χ3v) is 6.25. The zero-order chi connectivity index (χ0) is 19.7. The Hall–Kier alpha value is -1.64. The highest BCUT2D eigenvalue weighted by molar-refractivity contribution is 7.98. The van der Waals surface area contributed by atoms with Gasteiger partial charge < -0.3 is 24.0 Å². The van der Waals surface area contributed by atoms with Crippen molar-refractivity contribution in [2.24, 2.45) is 0 Å². The molecular formula is C20H30N4O3S. The van der Waals surface area contributed by atoms with Crippen LogP contribution in [-0.4, -0.2) is 66.3 Å². The molecule has 3 heterocycles. The lowest BCUT2D eigenvalue weighted by atomic mass is 10.1. The van der Waals surface area contributed by atoms with Gasteiger partial charge >= 0.3 is 6.09 Å². The van der Waals surface area contributed by atoms with E-state index in [1.54, 1.807) is 12.1 Å². The molecule has 3 aliphatic rings. The van der Waals surface area contributed by atoms with E-state index in [1.807, 2.05) is 25.7 Å². The number of likely N-dealkylation sites (tertiary alicyclic amines) is 1. The molecule has 1 aromatic carbocycles. The van der Waals surface area contributed by atoms with Gasteiger partial charge in [0.1, 0.15) is 5.60 Å². The Balaban J connectivity index is 1.40. The molecule has 154 valence electrons. The lowest BCUT2D eigenvalue weighted by Crippen LogP contribution is -2.40. The first-order chi connectivity index (χ1) is 13.4. The maximum absolute atomic E-state index is 12.4. The van der Waals surface area contributed by atoms with Gasteiger partial charge in [-0.1, -0.05) is 12.1 Å². The smallest absolute Gasteiger partial charge is 0.410 e. The summed E-state index contributed by atoms with van der Waals surface area (Å²) in [6, 6.07) is 6.85. The summed E-state index contributed by atoms with van der Waals surface area (Å²) >= 11 is 1.65. The summed E-state index contributed by atoms with van der Waals surface area (Å²) in [5.41, 5.74) is 3.33. The normalized spacial score (nSPS) is 23.3. The summed E-state index contributed by atoms with van der Waals surface area (Å²) in [5, 5.41) is 0. The molecule has 3 aliphatic heterocycles. The van der Waals surface area contributed by atoms with E-state index in [0.29, 0.717) is 12.6 Å². The fourth-order valence-electron chi connectivity index (χ4n) is 3.88. The van der Waals surface area contributed by atoms with E-state index in [2.05, 4.69) is 32.1 Å². The number of para-hydroxylation sites is 1. The van der Waals surface area contributed by atoms with Crippen molar-refractivity contribution in [3.63, 3.8) is 0 Å². The predicted octanol–water partition coefficient (Wildman–Crippen LogP) is 3.32. The Bertz CT molecular complexity index is 718. The highest BCUT2D eigenvalue weighted by Gasteiger charge is 2.35. The molecule has 0 aliphatic carbocycles. The number of rotatable bonds is 2.